The highest BCUT2D eigenvalue weighted by Gasteiger charge is 2.12. The van der Waals surface area contributed by atoms with E-state index < -0.39 is 0 Å². The topological polar surface area (TPSA) is 49.0 Å². The van der Waals surface area contributed by atoms with Gasteiger partial charge in [-0.3, -0.25) is 9.89 Å². The predicted molar refractivity (Wildman–Crippen MR) is 69.6 cm³/mol. The monoisotopic (exact) mass is 269 g/mol. The molecule has 0 atom stereocenters. The Bertz CT molecular complexity index is 495. The van der Waals surface area contributed by atoms with Gasteiger partial charge in [-0.05, 0) is 12.5 Å². The second-order valence-corrected chi connectivity index (χ2v) is 5.07. The second-order valence-electron chi connectivity index (χ2n) is 3.64. The number of aromatic nitrogens is 2. The zero-order valence-corrected chi connectivity index (χ0v) is 10.9. The van der Waals surface area contributed by atoms with Gasteiger partial charge in [-0.15, -0.1) is 11.3 Å². The molecule has 2 rings (SSSR count). The smallest absolute Gasteiger partial charge is 0.227 e. The molecule has 0 radical (unpaired) electrons. The maximum absolute atomic E-state index is 11.9. The molecule has 2 aromatic heterocycles. The maximum Gasteiger partial charge on any atom is 0.227 e. The van der Waals surface area contributed by atoms with Crippen molar-refractivity contribution in [3.05, 3.63) is 33.7 Å². The molecule has 0 saturated heterocycles. The molecule has 4 nitrogen and oxygen atoms in total. The predicted octanol–water partition coefficient (Wildman–Crippen LogP) is 2.72. The van der Waals surface area contributed by atoms with Gasteiger partial charge in [0, 0.05) is 29.9 Å². The SMILES string of the molecule is CN(C(=O)CCc1cc(Cl)cs1)c1cn[nH]c1. The van der Waals surface area contributed by atoms with Crippen LogP contribution in [0.1, 0.15) is 11.3 Å². The summed E-state index contributed by atoms with van der Waals surface area (Å²) in [6, 6.07) is 1.90. The number of carbonyl (C=O) groups is 1. The third-order valence-corrected chi connectivity index (χ3v) is 3.80. The van der Waals surface area contributed by atoms with Crippen LogP contribution in [0.25, 0.3) is 0 Å². The van der Waals surface area contributed by atoms with E-state index in [4.69, 9.17) is 11.6 Å². The number of nitrogens with zero attached hydrogens (tertiary/aromatic N) is 2. The Hall–Kier alpha value is -1.33. The summed E-state index contributed by atoms with van der Waals surface area (Å²) < 4.78 is 0. The molecule has 1 amide bonds. The zero-order valence-electron chi connectivity index (χ0n) is 9.31. The molecule has 0 saturated carbocycles. The minimum atomic E-state index is 0.0657. The minimum absolute atomic E-state index is 0.0657. The van der Waals surface area contributed by atoms with Crippen LogP contribution in [-0.2, 0) is 11.2 Å². The van der Waals surface area contributed by atoms with Crippen molar-refractivity contribution < 1.29 is 4.79 Å². The van der Waals surface area contributed by atoms with Crippen molar-refractivity contribution in [2.45, 2.75) is 12.8 Å². The zero-order chi connectivity index (χ0) is 12.3. The number of amides is 1. The molecule has 17 heavy (non-hydrogen) atoms. The van der Waals surface area contributed by atoms with E-state index in [1.165, 1.54) is 0 Å². The van der Waals surface area contributed by atoms with E-state index in [-0.39, 0.29) is 5.91 Å². The molecule has 0 aliphatic rings. The molecule has 0 fully saturated rings. The number of halogens is 1. The van der Waals surface area contributed by atoms with Gasteiger partial charge in [-0.2, -0.15) is 5.10 Å². The molecule has 2 aromatic rings. The lowest BCUT2D eigenvalue weighted by Crippen LogP contribution is -2.25. The normalized spacial score (nSPS) is 10.5. The van der Waals surface area contributed by atoms with Crippen LogP contribution in [0.5, 0.6) is 0 Å². The van der Waals surface area contributed by atoms with Crippen molar-refractivity contribution in [3.8, 4) is 0 Å². The summed E-state index contributed by atoms with van der Waals surface area (Å²) in [6.45, 7) is 0. The lowest BCUT2D eigenvalue weighted by molar-refractivity contribution is -0.118. The lowest BCUT2D eigenvalue weighted by Gasteiger charge is -2.14. The first-order chi connectivity index (χ1) is 8.16. The van der Waals surface area contributed by atoms with E-state index in [9.17, 15) is 4.79 Å². The van der Waals surface area contributed by atoms with Crippen LogP contribution < -0.4 is 4.90 Å². The van der Waals surface area contributed by atoms with Gasteiger partial charge in [0.2, 0.25) is 5.91 Å². The molecular weight excluding hydrogens is 258 g/mol. The van der Waals surface area contributed by atoms with Crippen molar-refractivity contribution in [1.29, 1.82) is 0 Å². The van der Waals surface area contributed by atoms with Crippen molar-refractivity contribution in [2.24, 2.45) is 0 Å². The fraction of sp³-hybridized carbons (Fsp3) is 0.273. The van der Waals surface area contributed by atoms with Crippen LogP contribution in [0, 0.1) is 0 Å². The maximum atomic E-state index is 11.9. The number of anilines is 1. The number of rotatable bonds is 4. The molecular formula is C11H12ClN3OS. The summed E-state index contributed by atoms with van der Waals surface area (Å²) in [5.41, 5.74) is 0.777. The first-order valence-electron chi connectivity index (χ1n) is 5.15. The lowest BCUT2D eigenvalue weighted by atomic mass is 10.2. The molecule has 90 valence electrons. The fourth-order valence-corrected chi connectivity index (χ4v) is 2.53. The molecule has 0 bridgehead atoms. The van der Waals surface area contributed by atoms with E-state index in [0.717, 1.165) is 22.0 Å². The second kappa shape index (κ2) is 5.33. The largest absolute Gasteiger partial charge is 0.313 e. The van der Waals surface area contributed by atoms with Gasteiger partial charge >= 0.3 is 0 Å². The Kier molecular flexibility index (Phi) is 3.81. The molecule has 0 aliphatic carbocycles. The van der Waals surface area contributed by atoms with Crippen LogP contribution in [0.3, 0.4) is 0 Å². The summed E-state index contributed by atoms with van der Waals surface area (Å²) in [6.07, 6.45) is 4.51. The van der Waals surface area contributed by atoms with Crippen molar-refractivity contribution in [2.75, 3.05) is 11.9 Å². The minimum Gasteiger partial charge on any atom is -0.313 e. The van der Waals surface area contributed by atoms with Gasteiger partial charge < -0.3 is 4.90 Å². The summed E-state index contributed by atoms with van der Waals surface area (Å²) >= 11 is 7.40. The van der Waals surface area contributed by atoms with Crippen molar-refractivity contribution in [3.63, 3.8) is 0 Å². The quantitative estimate of drug-likeness (QED) is 0.928. The van der Waals surface area contributed by atoms with E-state index in [1.54, 1.807) is 35.7 Å². The third kappa shape index (κ3) is 3.08. The number of nitrogens with one attached hydrogen (secondary N) is 1. The van der Waals surface area contributed by atoms with Crippen LogP contribution >= 0.6 is 22.9 Å². The van der Waals surface area contributed by atoms with Gasteiger partial charge in [-0.1, -0.05) is 11.6 Å². The van der Waals surface area contributed by atoms with Crippen LogP contribution in [-0.4, -0.2) is 23.2 Å². The summed E-state index contributed by atoms with van der Waals surface area (Å²) in [5, 5.41) is 9.11. The fourth-order valence-electron chi connectivity index (χ4n) is 1.45. The third-order valence-electron chi connectivity index (χ3n) is 2.45. The number of carbonyl (C=O) groups excluding carboxylic acids is 1. The van der Waals surface area contributed by atoms with Gasteiger partial charge in [0.05, 0.1) is 16.9 Å². The first kappa shape index (κ1) is 12.1. The average molecular weight is 270 g/mol. The summed E-state index contributed by atoms with van der Waals surface area (Å²) in [7, 11) is 1.74. The van der Waals surface area contributed by atoms with Crippen LogP contribution in [0.2, 0.25) is 5.02 Å². The van der Waals surface area contributed by atoms with E-state index in [1.807, 2.05) is 11.4 Å². The number of hydrogen-bond acceptors (Lipinski definition) is 3. The van der Waals surface area contributed by atoms with E-state index in [0.29, 0.717) is 6.42 Å². The van der Waals surface area contributed by atoms with Crippen LogP contribution in [0.15, 0.2) is 23.8 Å². The highest BCUT2D eigenvalue weighted by molar-refractivity contribution is 7.10. The van der Waals surface area contributed by atoms with Gasteiger partial charge in [0.1, 0.15) is 0 Å². The first-order valence-corrected chi connectivity index (χ1v) is 6.41. The summed E-state index contributed by atoms with van der Waals surface area (Å²) in [5.74, 6) is 0.0657. The number of H-pyrrole nitrogens is 1. The highest BCUT2D eigenvalue weighted by atomic mass is 35.5. The van der Waals surface area contributed by atoms with Crippen molar-refractivity contribution in [1.82, 2.24) is 10.2 Å². The van der Waals surface area contributed by atoms with E-state index in [2.05, 4.69) is 10.2 Å². The van der Waals surface area contributed by atoms with Crippen LogP contribution in [0.4, 0.5) is 5.69 Å². The molecule has 0 unspecified atom stereocenters. The molecule has 0 spiro atoms. The average Bonchev–Trinajstić information content (AvgIpc) is 2.95. The Balaban J connectivity index is 1.89. The Morgan fingerprint density at radius 3 is 3.06 bits per heavy atom. The molecule has 2 heterocycles. The standard InChI is InChI=1S/C11H12ClN3OS/c1-15(9-5-13-14-6-9)11(16)3-2-10-4-8(12)7-17-10/h4-7H,2-3H2,1H3,(H,13,14). The number of aryl methyl sites for hydroxylation is 1. The molecule has 0 aromatic carbocycles. The number of thiophene rings is 1. The number of hydrogen-bond donors (Lipinski definition) is 1. The molecule has 1 N–H and O–H groups in total. The highest BCUT2D eigenvalue weighted by Crippen LogP contribution is 2.21. The van der Waals surface area contributed by atoms with Crippen molar-refractivity contribution >= 4 is 34.5 Å². The number of aromatic amines is 1. The molecule has 0 aliphatic heterocycles. The Labute approximate surface area is 108 Å². The Morgan fingerprint density at radius 2 is 2.47 bits per heavy atom. The van der Waals surface area contributed by atoms with Gasteiger partial charge in [-0.25, -0.2) is 0 Å². The Morgan fingerprint density at radius 1 is 1.65 bits per heavy atom. The molecule has 6 heteroatoms. The summed E-state index contributed by atoms with van der Waals surface area (Å²) in [4.78, 5) is 14.6. The van der Waals surface area contributed by atoms with Gasteiger partial charge in [0.25, 0.3) is 0 Å². The van der Waals surface area contributed by atoms with E-state index >= 15 is 0 Å². The van der Waals surface area contributed by atoms with Gasteiger partial charge in [0.15, 0.2) is 0 Å².